The monoisotopic (exact) mass is 724 g/mol. The summed E-state index contributed by atoms with van der Waals surface area (Å²) >= 11 is 0. The van der Waals surface area contributed by atoms with Gasteiger partial charge in [0.1, 0.15) is 23.0 Å². The molecule has 0 spiro atoms. The largest absolute Gasteiger partial charge is 0.330 e. The van der Waals surface area contributed by atoms with Crippen molar-refractivity contribution in [1.29, 1.82) is 5.26 Å². The van der Waals surface area contributed by atoms with E-state index >= 15 is 0 Å². The molecule has 258 valence electrons. The lowest BCUT2D eigenvalue weighted by Gasteiger charge is -2.31. The van der Waals surface area contributed by atoms with Crippen LogP contribution in [0.5, 0.6) is 0 Å². The Morgan fingerprint density at radius 2 is 0.792 bits per heavy atom. The molecule has 0 unspecified atom stereocenters. The average Bonchev–Trinajstić information content (AvgIpc) is 3.80. The molecule has 0 bridgehead atoms. The number of hydrogen-bond donors (Lipinski definition) is 0. The number of aromatic nitrogens is 4. The van der Waals surface area contributed by atoms with E-state index in [0.717, 1.165) is 5.56 Å². The van der Waals surface area contributed by atoms with Crippen LogP contribution in [0, 0.1) is 11.3 Å². The molecule has 0 saturated carbocycles. The van der Waals surface area contributed by atoms with Crippen LogP contribution in [0.4, 0.5) is 0 Å². The minimum absolute atomic E-state index is 0.575. The molecule has 1 heterocycles. The standard InChI is InChI=1S/C36H30NP2.C7H5N4.C2H3N/c1-7-19-31(20-8-1)38(32-21-9-2-10-22-32,33-23-11-3-12-24-33)37-39(34-25-13-4-14-26-34,35-27-15-5-16-28-35)36-29-17-6-18-30-36;1-2-4-6(5-3-1)7-8-10-11-9-7;1-2-3/h1-30H;1-5H;1H3/q+1;-1;. The Hall–Kier alpha value is -6.24. The summed E-state index contributed by atoms with van der Waals surface area (Å²) in [5.74, 6) is 0.575. The van der Waals surface area contributed by atoms with Crippen molar-refractivity contribution in [2.75, 3.05) is 0 Å². The molecule has 0 fully saturated rings. The third-order valence-corrected chi connectivity index (χ3v) is 16.8. The van der Waals surface area contributed by atoms with Gasteiger partial charge in [0.05, 0.1) is 6.07 Å². The first kappa shape index (κ1) is 36.5. The molecule has 6 nitrogen and oxygen atoms in total. The van der Waals surface area contributed by atoms with Crippen molar-refractivity contribution in [3.8, 4) is 17.5 Å². The van der Waals surface area contributed by atoms with Crippen LogP contribution >= 0.6 is 14.5 Å². The number of hydrogen-bond acceptors (Lipinski definition) is 5. The summed E-state index contributed by atoms with van der Waals surface area (Å²) in [4.78, 5) is 0. The van der Waals surface area contributed by atoms with Crippen LogP contribution in [0.3, 0.4) is 0 Å². The second-order valence-electron chi connectivity index (χ2n) is 11.7. The SMILES string of the molecule is CC#N.c1ccc(-c2nnn[n-]2)cc1.c1ccc(P(=N[P+](c2ccccc2)(c2ccccc2)c2ccccc2)(c2ccccc2)c2ccccc2)cc1. The minimum Gasteiger partial charge on any atom is -0.330 e. The van der Waals surface area contributed by atoms with E-state index in [-0.39, 0.29) is 0 Å². The summed E-state index contributed by atoms with van der Waals surface area (Å²) < 4.78 is 6.38. The lowest BCUT2D eigenvalue weighted by Crippen LogP contribution is -2.32. The van der Waals surface area contributed by atoms with Gasteiger partial charge in [0.2, 0.25) is 7.41 Å². The third-order valence-electron chi connectivity index (χ3n) is 8.40. The van der Waals surface area contributed by atoms with Gasteiger partial charge in [-0.2, -0.15) is 10.5 Å². The summed E-state index contributed by atoms with van der Waals surface area (Å²) in [6, 6.07) is 77.0. The molecule has 8 heteroatoms. The molecule has 7 aromatic carbocycles. The Balaban J connectivity index is 0.000000287. The fourth-order valence-corrected chi connectivity index (χ4v) is 15.6. The summed E-state index contributed by atoms with van der Waals surface area (Å²) in [6.45, 7) is 1.43. The Morgan fingerprint density at radius 3 is 1.09 bits per heavy atom. The molecular weight excluding hydrogens is 686 g/mol. The quantitative estimate of drug-likeness (QED) is 0.148. The third kappa shape index (κ3) is 8.30. The van der Waals surface area contributed by atoms with Crippen molar-refractivity contribution in [3.63, 3.8) is 0 Å². The van der Waals surface area contributed by atoms with Crippen molar-refractivity contribution >= 4 is 46.3 Å². The molecule has 8 aromatic rings. The maximum absolute atomic E-state index is 7.32. The van der Waals surface area contributed by atoms with Gasteiger partial charge < -0.3 is 5.10 Å². The maximum atomic E-state index is 7.32. The highest BCUT2D eigenvalue weighted by Crippen LogP contribution is 2.65. The van der Waals surface area contributed by atoms with Crippen molar-refractivity contribution in [2.45, 2.75) is 6.92 Å². The number of benzene rings is 7. The summed E-state index contributed by atoms with van der Waals surface area (Å²) in [5, 5.41) is 29.1. The van der Waals surface area contributed by atoms with Crippen LogP contribution in [-0.4, -0.2) is 15.5 Å². The van der Waals surface area contributed by atoms with Crippen LogP contribution in [0.25, 0.3) is 11.4 Å². The van der Waals surface area contributed by atoms with E-state index in [0.29, 0.717) is 5.82 Å². The van der Waals surface area contributed by atoms with Crippen molar-refractivity contribution in [1.82, 2.24) is 20.6 Å². The molecule has 53 heavy (non-hydrogen) atoms. The zero-order chi connectivity index (χ0) is 36.6. The normalized spacial score (nSPS) is 10.7. The molecule has 0 radical (unpaired) electrons. The fourth-order valence-electron chi connectivity index (χ4n) is 6.12. The number of nitrogens with zero attached hydrogens (tertiary/aromatic N) is 6. The number of nitriles is 1. The highest BCUT2D eigenvalue weighted by atomic mass is 31.2. The van der Waals surface area contributed by atoms with Crippen LogP contribution < -0.4 is 36.9 Å². The second kappa shape index (κ2) is 18.3. The minimum atomic E-state index is -2.50. The molecule has 0 N–H and O–H groups in total. The molecule has 0 amide bonds. The van der Waals surface area contributed by atoms with Crippen LogP contribution in [-0.2, 0) is 0 Å². The molecule has 0 saturated heterocycles. The van der Waals surface area contributed by atoms with Crippen LogP contribution in [0.1, 0.15) is 6.92 Å². The Labute approximate surface area is 312 Å². The Kier molecular flexibility index (Phi) is 12.6. The Morgan fingerprint density at radius 1 is 0.491 bits per heavy atom. The van der Waals surface area contributed by atoms with Gasteiger partial charge in [0.15, 0.2) is 0 Å². The van der Waals surface area contributed by atoms with Gasteiger partial charge >= 0.3 is 0 Å². The van der Waals surface area contributed by atoms with Crippen molar-refractivity contribution in [3.05, 3.63) is 212 Å². The average molecular weight is 725 g/mol. The van der Waals surface area contributed by atoms with Gasteiger partial charge in [-0.3, -0.25) is 10.3 Å². The zero-order valence-corrected chi connectivity index (χ0v) is 31.1. The zero-order valence-electron chi connectivity index (χ0n) is 29.3. The van der Waals surface area contributed by atoms with Crippen molar-refractivity contribution < 1.29 is 0 Å². The first-order valence-electron chi connectivity index (χ1n) is 17.1. The fraction of sp³-hybridized carbons (Fsp3) is 0.0222. The van der Waals surface area contributed by atoms with E-state index in [2.05, 4.69) is 203 Å². The van der Waals surface area contributed by atoms with Crippen LogP contribution in [0.15, 0.2) is 217 Å². The molecule has 0 aliphatic rings. The van der Waals surface area contributed by atoms with E-state index in [1.54, 1.807) is 6.07 Å². The maximum Gasteiger partial charge on any atom is 0.228 e. The van der Waals surface area contributed by atoms with Gasteiger partial charge in [0, 0.05) is 28.7 Å². The molecule has 8 rings (SSSR count). The number of rotatable bonds is 8. The predicted molar refractivity (Wildman–Crippen MR) is 223 cm³/mol. The smallest absolute Gasteiger partial charge is 0.228 e. The summed E-state index contributed by atoms with van der Waals surface area (Å²) in [7, 11) is -4.99. The lowest BCUT2D eigenvalue weighted by atomic mass is 10.2. The van der Waals surface area contributed by atoms with Crippen LogP contribution in [0.2, 0.25) is 0 Å². The van der Waals surface area contributed by atoms with E-state index in [1.807, 2.05) is 30.3 Å². The predicted octanol–water partition coefficient (Wildman–Crippen LogP) is 8.10. The number of tetrazole rings is 1. The lowest BCUT2D eigenvalue weighted by molar-refractivity contribution is 0.871. The summed E-state index contributed by atoms with van der Waals surface area (Å²) in [6.07, 6.45) is 0. The van der Waals surface area contributed by atoms with E-state index in [1.165, 1.54) is 38.8 Å². The van der Waals surface area contributed by atoms with E-state index in [9.17, 15) is 0 Å². The van der Waals surface area contributed by atoms with Gasteiger partial charge in [-0.1, -0.05) is 176 Å². The topological polar surface area (TPSA) is 88.9 Å². The molecular formula is C45H38N6P2. The highest BCUT2D eigenvalue weighted by Gasteiger charge is 2.49. The van der Waals surface area contributed by atoms with Gasteiger partial charge in [-0.05, 0) is 42.0 Å². The van der Waals surface area contributed by atoms with Gasteiger partial charge in [-0.25, -0.2) is 0 Å². The van der Waals surface area contributed by atoms with Crippen molar-refractivity contribution in [2.24, 2.45) is 4.52 Å². The highest BCUT2D eigenvalue weighted by molar-refractivity contribution is 8.01. The Bertz CT molecular complexity index is 2140. The van der Waals surface area contributed by atoms with Gasteiger partial charge in [0.25, 0.3) is 0 Å². The first-order valence-corrected chi connectivity index (χ1v) is 20.6. The first-order chi connectivity index (χ1) is 26.2. The van der Waals surface area contributed by atoms with E-state index < -0.39 is 14.5 Å². The molecule has 0 aliphatic heterocycles. The molecule has 0 aliphatic carbocycles. The van der Waals surface area contributed by atoms with Gasteiger partial charge in [-0.15, -0.1) is 4.52 Å². The molecule has 1 aromatic heterocycles. The second-order valence-corrected chi connectivity index (χ2v) is 18.0. The summed E-state index contributed by atoms with van der Waals surface area (Å²) in [5.41, 5.74) is 0.942. The molecule has 0 atom stereocenters. The van der Waals surface area contributed by atoms with E-state index in [4.69, 9.17) is 9.78 Å².